The summed E-state index contributed by atoms with van der Waals surface area (Å²) in [5, 5.41) is 0. The summed E-state index contributed by atoms with van der Waals surface area (Å²) in [5.41, 5.74) is 4.69. The van der Waals surface area contributed by atoms with Crippen molar-refractivity contribution in [2.45, 2.75) is 33.6 Å². The van der Waals surface area contributed by atoms with E-state index in [4.69, 9.17) is 0 Å². The molecule has 2 atom stereocenters. The molecule has 0 radical (unpaired) electrons. The standard InChI is InChI=1S/C28H29N3O/c1-19(2)25-14-9-20(3)26(27(25)32)15-21-10-12-24(13-11-21)29-16-22-17-30-28(31-18-22)23-7-5-4-6-8-23/h4-8,10-13,15-20,25H,9,14H2,1-3H3/b26-15-,29-16?/t20-,25+/m1/s1. The van der Waals surface area contributed by atoms with Gasteiger partial charge in [-0.1, -0.05) is 63.2 Å². The zero-order chi connectivity index (χ0) is 22.5. The van der Waals surface area contributed by atoms with Crippen LogP contribution in [0.15, 0.2) is 77.6 Å². The van der Waals surface area contributed by atoms with Gasteiger partial charge in [0.2, 0.25) is 0 Å². The number of carbonyl (C=O) groups excluding carboxylic acids is 1. The SMILES string of the molecule is CC(C)[C@@H]1CC[C@@H](C)/C(=C/c2ccc(N=Cc3cnc(-c4ccccc4)nc3)cc2)C1=O. The van der Waals surface area contributed by atoms with Crippen molar-refractivity contribution in [3.8, 4) is 11.4 Å². The van der Waals surface area contributed by atoms with Crippen LogP contribution in [0.25, 0.3) is 17.5 Å². The van der Waals surface area contributed by atoms with Crippen molar-refractivity contribution in [2.24, 2.45) is 22.7 Å². The van der Waals surface area contributed by atoms with Crippen LogP contribution in [-0.2, 0) is 4.79 Å². The lowest BCUT2D eigenvalue weighted by Gasteiger charge is -2.30. The Hall–Kier alpha value is -3.40. The summed E-state index contributed by atoms with van der Waals surface area (Å²) in [7, 11) is 0. The molecule has 4 nitrogen and oxygen atoms in total. The quantitative estimate of drug-likeness (QED) is 0.345. The van der Waals surface area contributed by atoms with Gasteiger partial charge in [0.1, 0.15) is 0 Å². The molecule has 0 bridgehead atoms. The van der Waals surface area contributed by atoms with E-state index in [-0.39, 0.29) is 5.92 Å². The van der Waals surface area contributed by atoms with E-state index in [9.17, 15) is 4.79 Å². The van der Waals surface area contributed by atoms with Gasteiger partial charge in [0, 0.05) is 35.7 Å². The molecule has 4 heteroatoms. The number of nitrogens with zero attached hydrogens (tertiary/aromatic N) is 3. The smallest absolute Gasteiger partial charge is 0.162 e. The van der Waals surface area contributed by atoms with Gasteiger partial charge in [0.25, 0.3) is 0 Å². The third kappa shape index (κ3) is 5.08. The number of rotatable bonds is 5. The maximum Gasteiger partial charge on any atom is 0.162 e. The molecular formula is C28H29N3O. The molecule has 32 heavy (non-hydrogen) atoms. The molecule has 1 saturated carbocycles. The Morgan fingerprint density at radius 2 is 1.62 bits per heavy atom. The molecule has 1 fully saturated rings. The Morgan fingerprint density at radius 1 is 0.938 bits per heavy atom. The Bertz CT molecular complexity index is 1110. The average molecular weight is 424 g/mol. The van der Waals surface area contributed by atoms with Gasteiger partial charge in [0.15, 0.2) is 11.6 Å². The van der Waals surface area contributed by atoms with Crippen molar-refractivity contribution < 1.29 is 4.79 Å². The highest BCUT2D eigenvalue weighted by Crippen LogP contribution is 2.35. The number of carbonyl (C=O) groups is 1. The predicted octanol–water partition coefficient (Wildman–Crippen LogP) is 6.55. The van der Waals surface area contributed by atoms with Crippen molar-refractivity contribution in [1.82, 2.24) is 9.97 Å². The van der Waals surface area contributed by atoms with Crippen LogP contribution in [0.5, 0.6) is 0 Å². The Labute approximate surface area is 190 Å². The number of ketones is 1. The summed E-state index contributed by atoms with van der Waals surface area (Å²) < 4.78 is 0. The second-order valence-electron chi connectivity index (χ2n) is 8.85. The molecule has 0 N–H and O–H groups in total. The number of aromatic nitrogens is 2. The first-order chi connectivity index (χ1) is 15.5. The molecule has 0 saturated heterocycles. The second-order valence-corrected chi connectivity index (χ2v) is 8.85. The fourth-order valence-electron chi connectivity index (χ4n) is 4.15. The van der Waals surface area contributed by atoms with Gasteiger partial charge < -0.3 is 0 Å². The second kappa shape index (κ2) is 9.82. The Balaban J connectivity index is 1.45. The summed E-state index contributed by atoms with van der Waals surface area (Å²) in [6, 6.07) is 17.9. The van der Waals surface area contributed by atoms with E-state index >= 15 is 0 Å². The van der Waals surface area contributed by atoms with Gasteiger partial charge in [-0.25, -0.2) is 9.97 Å². The minimum Gasteiger partial charge on any atom is -0.294 e. The van der Waals surface area contributed by atoms with Crippen molar-refractivity contribution in [3.63, 3.8) is 0 Å². The van der Waals surface area contributed by atoms with E-state index in [1.54, 1.807) is 18.6 Å². The van der Waals surface area contributed by atoms with E-state index in [0.29, 0.717) is 23.4 Å². The van der Waals surface area contributed by atoms with Crippen LogP contribution in [-0.4, -0.2) is 22.0 Å². The van der Waals surface area contributed by atoms with Crippen molar-refractivity contribution in [1.29, 1.82) is 0 Å². The van der Waals surface area contributed by atoms with E-state index in [1.165, 1.54) is 0 Å². The third-order valence-electron chi connectivity index (χ3n) is 6.15. The lowest BCUT2D eigenvalue weighted by Crippen LogP contribution is -2.30. The molecule has 0 spiro atoms. The summed E-state index contributed by atoms with van der Waals surface area (Å²) in [6.45, 7) is 6.44. The number of Topliss-reactive ketones (excluding diaryl/α,β-unsaturated/α-hetero) is 1. The van der Waals surface area contributed by atoms with Gasteiger partial charge in [-0.2, -0.15) is 0 Å². The molecule has 1 aliphatic rings. The maximum absolute atomic E-state index is 12.9. The van der Waals surface area contributed by atoms with Gasteiger partial charge in [0.05, 0.1) is 5.69 Å². The average Bonchev–Trinajstić information content (AvgIpc) is 2.82. The first-order valence-corrected chi connectivity index (χ1v) is 11.3. The van der Waals surface area contributed by atoms with E-state index in [0.717, 1.165) is 40.8 Å². The van der Waals surface area contributed by atoms with Crippen molar-refractivity contribution in [2.75, 3.05) is 0 Å². The normalized spacial score (nSPS) is 20.4. The predicted molar refractivity (Wildman–Crippen MR) is 131 cm³/mol. The van der Waals surface area contributed by atoms with Gasteiger partial charge >= 0.3 is 0 Å². The van der Waals surface area contributed by atoms with Gasteiger partial charge in [-0.15, -0.1) is 0 Å². The maximum atomic E-state index is 12.9. The number of aliphatic imine (C=N–C) groups is 1. The van der Waals surface area contributed by atoms with Crippen LogP contribution in [0, 0.1) is 17.8 Å². The monoisotopic (exact) mass is 423 g/mol. The number of hydrogen-bond donors (Lipinski definition) is 0. The highest BCUT2D eigenvalue weighted by Gasteiger charge is 2.32. The molecule has 1 heterocycles. The van der Waals surface area contributed by atoms with E-state index in [1.807, 2.05) is 54.6 Å². The van der Waals surface area contributed by atoms with E-state index in [2.05, 4.69) is 41.8 Å². The molecule has 0 aliphatic heterocycles. The molecule has 1 aromatic heterocycles. The van der Waals surface area contributed by atoms with Crippen LogP contribution in [0.4, 0.5) is 5.69 Å². The molecule has 2 aromatic carbocycles. The molecular weight excluding hydrogens is 394 g/mol. The van der Waals surface area contributed by atoms with Crippen LogP contribution < -0.4 is 0 Å². The minimum absolute atomic E-state index is 0.150. The lowest BCUT2D eigenvalue weighted by molar-refractivity contribution is -0.122. The molecule has 3 aromatic rings. The molecule has 1 aliphatic carbocycles. The number of hydrogen-bond acceptors (Lipinski definition) is 4. The molecule has 4 rings (SSSR count). The van der Waals surface area contributed by atoms with Crippen LogP contribution >= 0.6 is 0 Å². The third-order valence-corrected chi connectivity index (χ3v) is 6.15. The lowest BCUT2D eigenvalue weighted by atomic mass is 9.73. The summed E-state index contributed by atoms with van der Waals surface area (Å²) in [4.78, 5) is 26.3. The van der Waals surface area contributed by atoms with Crippen molar-refractivity contribution >= 4 is 23.8 Å². The fourth-order valence-corrected chi connectivity index (χ4v) is 4.15. The van der Waals surface area contributed by atoms with Crippen LogP contribution in [0.3, 0.4) is 0 Å². The first-order valence-electron chi connectivity index (χ1n) is 11.3. The number of benzene rings is 2. The largest absolute Gasteiger partial charge is 0.294 e. The van der Waals surface area contributed by atoms with Gasteiger partial charge in [-0.3, -0.25) is 9.79 Å². The van der Waals surface area contributed by atoms with Crippen molar-refractivity contribution in [3.05, 3.63) is 83.7 Å². The summed E-state index contributed by atoms with van der Waals surface area (Å²) in [5.74, 6) is 1.87. The topological polar surface area (TPSA) is 55.2 Å². The van der Waals surface area contributed by atoms with Crippen LogP contribution in [0.1, 0.15) is 44.7 Å². The molecule has 0 unspecified atom stereocenters. The summed E-state index contributed by atoms with van der Waals surface area (Å²) >= 11 is 0. The molecule has 0 amide bonds. The fraction of sp³-hybridized carbons (Fsp3) is 0.286. The zero-order valence-electron chi connectivity index (χ0n) is 18.9. The van der Waals surface area contributed by atoms with Gasteiger partial charge in [-0.05, 0) is 54.0 Å². The zero-order valence-corrected chi connectivity index (χ0v) is 18.9. The summed E-state index contributed by atoms with van der Waals surface area (Å²) in [6.07, 6.45) is 9.46. The van der Waals surface area contributed by atoms with E-state index < -0.39 is 0 Å². The highest BCUT2D eigenvalue weighted by atomic mass is 16.1. The first kappa shape index (κ1) is 21.8. The Morgan fingerprint density at radius 3 is 2.28 bits per heavy atom. The molecule has 162 valence electrons. The number of allylic oxidation sites excluding steroid dienone is 1. The highest BCUT2D eigenvalue weighted by molar-refractivity contribution is 6.02. The Kier molecular flexibility index (Phi) is 6.69. The van der Waals surface area contributed by atoms with Crippen LogP contribution in [0.2, 0.25) is 0 Å². The minimum atomic E-state index is 0.150.